The van der Waals surface area contributed by atoms with E-state index in [1.807, 2.05) is 0 Å². The van der Waals surface area contributed by atoms with Crippen LogP contribution >= 0.6 is 0 Å². The summed E-state index contributed by atoms with van der Waals surface area (Å²) >= 11 is 0. The molecule has 0 aliphatic carbocycles. The molecule has 1 rings (SSSR count). The number of nitriles is 1. The molecule has 110 valence electrons. The summed E-state index contributed by atoms with van der Waals surface area (Å²) in [4.78, 5) is 0. The highest BCUT2D eigenvalue weighted by Crippen LogP contribution is 2.18. The van der Waals surface area contributed by atoms with Gasteiger partial charge in [0.15, 0.2) is 0 Å². The van der Waals surface area contributed by atoms with Crippen molar-refractivity contribution in [1.82, 2.24) is 5.32 Å². The van der Waals surface area contributed by atoms with Crippen molar-refractivity contribution in [3.63, 3.8) is 0 Å². The van der Waals surface area contributed by atoms with E-state index in [0.29, 0.717) is 25.4 Å². The molecule has 4 nitrogen and oxygen atoms in total. The van der Waals surface area contributed by atoms with Gasteiger partial charge in [-0.15, -0.1) is 0 Å². The van der Waals surface area contributed by atoms with Gasteiger partial charge in [-0.3, -0.25) is 5.32 Å². The molecule has 0 aromatic carbocycles. The largest absolute Gasteiger partial charge is 0.379 e. The Morgan fingerprint density at radius 3 is 2.84 bits per heavy atom. The molecule has 1 aliphatic heterocycles. The quantitative estimate of drug-likeness (QED) is 0.653. The van der Waals surface area contributed by atoms with Crippen LogP contribution in [-0.4, -0.2) is 37.5 Å². The predicted octanol–water partition coefficient (Wildman–Crippen LogP) is 2.63. The zero-order valence-corrected chi connectivity index (χ0v) is 12.6. The summed E-state index contributed by atoms with van der Waals surface area (Å²) in [5.74, 6) is 0. The maximum atomic E-state index is 9.38. The molecular weight excluding hydrogens is 240 g/mol. The van der Waals surface area contributed by atoms with Crippen molar-refractivity contribution in [2.75, 3.05) is 19.8 Å². The molecule has 1 N–H and O–H groups in total. The van der Waals surface area contributed by atoms with Gasteiger partial charge in [-0.05, 0) is 46.0 Å². The lowest BCUT2D eigenvalue weighted by molar-refractivity contribution is 0.0150. The van der Waals surface area contributed by atoms with Crippen LogP contribution in [0.5, 0.6) is 0 Å². The van der Waals surface area contributed by atoms with Gasteiger partial charge in [0, 0.05) is 19.3 Å². The first-order valence-electron chi connectivity index (χ1n) is 7.50. The molecule has 0 spiro atoms. The maximum absolute atomic E-state index is 9.38. The monoisotopic (exact) mass is 268 g/mol. The summed E-state index contributed by atoms with van der Waals surface area (Å²) in [7, 11) is 0. The Labute approximate surface area is 117 Å². The Bertz CT molecular complexity index is 282. The van der Waals surface area contributed by atoms with Gasteiger partial charge >= 0.3 is 0 Å². The lowest BCUT2D eigenvalue weighted by Crippen LogP contribution is -2.47. The minimum absolute atomic E-state index is 0.292. The van der Waals surface area contributed by atoms with Crippen LogP contribution in [0.2, 0.25) is 0 Å². The highest BCUT2D eigenvalue weighted by Gasteiger charge is 2.27. The molecule has 2 atom stereocenters. The smallest absolute Gasteiger partial charge is 0.106 e. The number of rotatable bonds is 9. The van der Waals surface area contributed by atoms with E-state index in [-0.39, 0.29) is 0 Å². The summed E-state index contributed by atoms with van der Waals surface area (Å²) < 4.78 is 11.2. The van der Waals surface area contributed by atoms with Gasteiger partial charge in [0.05, 0.1) is 18.8 Å². The third kappa shape index (κ3) is 5.90. The fraction of sp³-hybridized carbons (Fsp3) is 0.933. The van der Waals surface area contributed by atoms with Gasteiger partial charge in [0.2, 0.25) is 0 Å². The van der Waals surface area contributed by atoms with Gasteiger partial charge in [-0.25, -0.2) is 0 Å². The second kappa shape index (κ2) is 8.52. The van der Waals surface area contributed by atoms with Crippen molar-refractivity contribution in [3.8, 4) is 6.07 Å². The number of hydrogen-bond donors (Lipinski definition) is 1. The third-order valence-corrected chi connectivity index (χ3v) is 3.60. The molecule has 0 radical (unpaired) electrons. The number of nitrogens with zero attached hydrogens (tertiary/aromatic N) is 1. The van der Waals surface area contributed by atoms with Crippen LogP contribution in [0.25, 0.3) is 0 Å². The van der Waals surface area contributed by atoms with Crippen LogP contribution in [0.3, 0.4) is 0 Å². The second-order valence-electron chi connectivity index (χ2n) is 5.66. The SMILES string of the molecule is CCC(C#N)(CCCOCC1CCCO1)NC(C)C. The van der Waals surface area contributed by atoms with Crippen molar-refractivity contribution in [2.24, 2.45) is 0 Å². The normalized spacial score (nSPS) is 22.4. The van der Waals surface area contributed by atoms with Crippen molar-refractivity contribution in [3.05, 3.63) is 0 Å². The molecule has 0 bridgehead atoms. The Morgan fingerprint density at radius 1 is 1.53 bits per heavy atom. The minimum Gasteiger partial charge on any atom is -0.379 e. The Morgan fingerprint density at radius 2 is 2.32 bits per heavy atom. The molecule has 1 saturated heterocycles. The van der Waals surface area contributed by atoms with Crippen molar-refractivity contribution in [1.29, 1.82) is 5.26 Å². The molecule has 4 heteroatoms. The lowest BCUT2D eigenvalue weighted by atomic mass is 9.91. The fourth-order valence-electron chi connectivity index (χ4n) is 2.54. The van der Waals surface area contributed by atoms with Crippen LogP contribution in [0.15, 0.2) is 0 Å². The first-order chi connectivity index (χ1) is 9.12. The molecule has 1 fully saturated rings. The van der Waals surface area contributed by atoms with Gasteiger partial charge < -0.3 is 9.47 Å². The lowest BCUT2D eigenvalue weighted by Gasteiger charge is -2.29. The van der Waals surface area contributed by atoms with E-state index in [1.54, 1.807) is 0 Å². The van der Waals surface area contributed by atoms with Crippen LogP contribution in [0.4, 0.5) is 0 Å². The van der Waals surface area contributed by atoms with Gasteiger partial charge in [0.25, 0.3) is 0 Å². The van der Waals surface area contributed by atoms with Crippen molar-refractivity contribution >= 4 is 0 Å². The van der Waals surface area contributed by atoms with Crippen LogP contribution in [0, 0.1) is 11.3 Å². The number of nitrogens with one attached hydrogen (secondary N) is 1. The number of ether oxygens (including phenoxy) is 2. The molecule has 0 aromatic rings. The Balaban J connectivity index is 2.19. The van der Waals surface area contributed by atoms with E-state index in [4.69, 9.17) is 9.47 Å². The maximum Gasteiger partial charge on any atom is 0.106 e. The number of hydrogen-bond acceptors (Lipinski definition) is 4. The average Bonchev–Trinajstić information content (AvgIpc) is 2.89. The molecular formula is C15H28N2O2. The first-order valence-corrected chi connectivity index (χ1v) is 7.50. The van der Waals surface area contributed by atoms with Gasteiger partial charge in [-0.2, -0.15) is 5.26 Å². The summed E-state index contributed by atoms with van der Waals surface area (Å²) in [5.41, 5.74) is -0.401. The molecule has 0 saturated carbocycles. The van der Waals surface area contributed by atoms with E-state index in [0.717, 1.165) is 38.7 Å². The molecule has 1 aliphatic rings. The van der Waals surface area contributed by atoms with Crippen LogP contribution < -0.4 is 5.32 Å². The standard InChI is InChI=1S/C15H28N2O2/c1-4-15(12-16,17-13(2)3)8-6-9-18-11-14-7-5-10-19-14/h13-14,17H,4-11H2,1-3H3. The van der Waals surface area contributed by atoms with E-state index in [1.165, 1.54) is 0 Å². The zero-order valence-electron chi connectivity index (χ0n) is 12.6. The van der Waals surface area contributed by atoms with Gasteiger partial charge in [0.1, 0.15) is 5.54 Å². The van der Waals surface area contributed by atoms with Gasteiger partial charge in [-0.1, -0.05) is 6.92 Å². The second-order valence-corrected chi connectivity index (χ2v) is 5.66. The van der Waals surface area contributed by atoms with Crippen molar-refractivity contribution in [2.45, 2.75) is 70.6 Å². The summed E-state index contributed by atoms with van der Waals surface area (Å²) in [5, 5.41) is 12.8. The Hall–Kier alpha value is -0.630. The topological polar surface area (TPSA) is 54.3 Å². The molecule has 0 amide bonds. The molecule has 2 unspecified atom stereocenters. The molecule has 1 heterocycles. The summed E-state index contributed by atoms with van der Waals surface area (Å²) in [6, 6.07) is 2.76. The average molecular weight is 268 g/mol. The third-order valence-electron chi connectivity index (χ3n) is 3.60. The highest BCUT2D eigenvalue weighted by molar-refractivity contribution is 5.06. The Kier molecular flexibility index (Phi) is 7.37. The first kappa shape index (κ1) is 16.4. The van der Waals surface area contributed by atoms with E-state index < -0.39 is 5.54 Å². The zero-order chi connectivity index (χ0) is 14.1. The summed E-state index contributed by atoms with van der Waals surface area (Å²) in [6.45, 7) is 8.50. The molecule has 0 aromatic heterocycles. The van der Waals surface area contributed by atoms with Crippen LogP contribution in [-0.2, 0) is 9.47 Å². The van der Waals surface area contributed by atoms with E-state index in [9.17, 15) is 5.26 Å². The van der Waals surface area contributed by atoms with Crippen molar-refractivity contribution < 1.29 is 9.47 Å². The van der Waals surface area contributed by atoms with E-state index in [2.05, 4.69) is 32.2 Å². The predicted molar refractivity (Wildman–Crippen MR) is 75.9 cm³/mol. The minimum atomic E-state index is -0.401. The summed E-state index contributed by atoms with van der Waals surface area (Å²) in [6.07, 6.45) is 5.14. The molecule has 19 heavy (non-hydrogen) atoms. The van der Waals surface area contributed by atoms with Crippen LogP contribution in [0.1, 0.15) is 52.9 Å². The fourth-order valence-corrected chi connectivity index (χ4v) is 2.54. The highest BCUT2D eigenvalue weighted by atomic mass is 16.5. The van der Waals surface area contributed by atoms with E-state index >= 15 is 0 Å².